The quantitative estimate of drug-likeness (QED) is 0.581. The van der Waals surface area contributed by atoms with Gasteiger partial charge in [-0.2, -0.15) is 52.7 Å². The van der Waals surface area contributed by atoms with Gasteiger partial charge in [-0.3, -0.25) is 0 Å². The summed E-state index contributed by atoms with van der Waals surface area (Å²) in [6, 6.07) is 0. The van der Waals surface area contributed by atoms with Gasteiger partial charge in [-0.05, 0) is 0 Å². The molecule has 1 N–H and O–H groups in total. The highest BCUT2D eigenvalue weighted by atomic mass is 19.4. The average molecular weight is 353 g/mol. The molecule has 0 radical (unpaired) electrons. The van der Waals surface area contributed by atoms with Gasteiger partial charge in [-0.25, -0.2) is 14.1 Å². The summed E-state index contributed by atoms with van der Waals surface area (Å²) in [7, 11) is 0. The first kappa shape index (κ1) is 20.0. The van der Waals surface area contributed by atoms with E-state index in [4.69, 9.17) is 0 Å². The van der Waals surface area contributed by atoms with E-state index in [9.17, 15) is 61.5 Å². The van der Waals surface area contributed by atoms with E-state index in [2.05, 4.69) is 0 Å². The van der Waals surface area contributed by atoms with E-state index in [0.29, 0.717) is 0 Å². The van der Waals surface area contributed by atoms with E-state index in [1.54, 1.807) is 0 Å². The van der Waals surface area contributed by atoms with Crippen molar-refractivity contribution < 1.29 is 61.5 Å². The van der Waals surface area contributed by atoms with Crippen LogP contribution in [-0.2, 0) is 0 Å². The maximum Gasteiger partial charge on any atom is 0.446 e. The highest BCUT2D eigenvalue weighted by Gasteiger charge is 2.83. The Labute approximate surface area is 104 Å². The first-order valence-corrected chi connectivity index (χ1v) is 4.15. The summed E-state index contributed by atoms with van der Waals surface area (Å²) in [4.78, 5) is 0. The van der Waals surface area contributed by atoms with Crippen molar-refractivity contribution in [2.75, 3.05) is 0 Å². The van der Waals surface area contributed by atoms with Crippen molar-refractivity contribution in [1.29, 1.82) is 0 Å². The molecule has 0 bridgehead atoms. The van der Waals surface area contributed by atoms with Crippen molar-refractivity contribution in [3.05, 3.63) is 0 Å². The highest BCUT2D eigenvalue weighted by molar-refractivity contribution is 5.02. The number of rotatable bonds is 2. The normalized spacial score (nSPS) is 16.3. The van der Waals surface area contributed by atoms with Crippen LogP contribution in [0.2, 0.25) is 0 Å². The fourth-order valence-electron chi connectivity index (χ4n) is 0.842. The van der Waals surface area contributed by atoms with Crippen LogP contribution in [0.4, 0.5) is 61.5 Å². The summed E-state index contributed by atoms with van der Waals surface area (Å²) in [6.07, 6.45) is -29.4. The molecular weight excluding hydrogens is 352 g/mol. The molecular formula is C6HF14N. The van der Waals surface area contributed by atoms with E-state index in [0.717, 1.165) is 0 Å². The number of hydrogen-bond acceptors (Lipinski definition) is 1. The highest BCUT2D eigenvalue weighted by Crippen LogP contribution is 2.51. The first-order chi connectivity index (χ1) is 8.71. The molecule has 0 atom stereocenters. The molecule has 0 heterocycles. The average Bonchev–Trinajstić information content (AvgIpc) is 2.09. The van der Waals surface area contributed by atoms with Gasteiger partial charge in [0.2, 0.25) is 0 Å². The molecule has 0 aliphatic rings. The molecule has 0 rings (SSSR count). The Morgan fingerprint density at radius 2 is 0.476 bits per heavy atom. The molecule has 0 spiro atoms. The Hall–Kier alpha value is -1.02. The number of nitrogens with one attached hydrogen (secondary N) is 1. The van der Waals surface area contributed by atoms with Gasteiger partial charge in [0.15, 0.2) is 0 Å². The summed E-state index contributed by atoms with van der Waals surface area (Å²) < 4.78 is 168. The van der Waals surface area contributed by atoms with E-state index in [1.165, 1.54) is 0 Å². The third-order valence-electron chi connectivity index (χ3n) is 1.91. The van der Waals surface area contributed by atoms with Crippen molar-refractivity contribution in [2.45, 2.75) is 36.3 Å². The summed E-state index contributed by atoms with van der Waals surface area (Å²) in [5.74, 6) is -14.6. The Morgan fingerprint density at radius 3 is 0.571 bits per heavy atom. The summed E-state index contributed by atoms with van der Waals surface area (Å²) >= 11 is 0. The van der Waals surface area contributed by atoms with Crippen LogP contribution in [0.25, 0.3) is 0 Å². The predicted molar refractivity (Wildman–Crippen MR) is 35.0 cm³/mol. The zero-order valence-corrected chi connectivity index (χ0v) is 8.79. The number of alkyl halides is 14. The monoisotopic (exact) mass is 353 g/mol. The molecule has 128 valence electrons. The van der Waals surface area contributed by atoms with Gasteiger partial charge >= 0.3 is 36.3 Å². The molecule has 0 aromatic heterocycles. The summed E-state index contributed by atoms with van der Waals surface area (Å²) in [6.45, 7) is 0. The van der Waals surface area contributed by atoms with Crippen molar-refractivity contribution >= 4 is 0 Å². The van der Waals surface area contributed by atoms with Crippen LogP contribution < -0.4 is 5.32 Å². The molecule has 0 aromatic carbocycles. The van der Waals surface area contributed by atoms with Crippen LogP contribution in [-0.4, -0.2) is 36.3 Å². The Bertz CT molecular complexity index is 303. The van der Waals surface area contributed by atoms with Crippen molar-refractivity contribution in [3.8, 4) is 0 Å². The predicted octanol–water partition coefficient (Wildman–Crippen LogP) is 4.16. The van der Waals surface area contributed by atoms with Crippen LogP contribution in [0.3, 0.4) is 0 Å². The number of halogens is 14. The fraction of sp³-hybridized carbons (Fsp3) is 1.00. The van der Waals surface area contributed by atoms with Crippen LogP contribution in [0.5, 0.6) is 0 Å². The molecule has 21 heavy (non-hydrogen) atoms. The summed E-state index contributed by atoms with van der Waals surface area (Å²) in [5, 5.41) is -1.67. The van der Waals surface area contributed by atoms with E-state index in [1.807, 2.05) is 0 Å². The van der Waals surface area contributed by atoms with Crippen LogP contribution in [0, 0.1) is 0 Å². The van der Waals surface area contributed by atoms with E-state index >= 15 is 0 Å². The van der Waals surface area contributed by atoms with E-state index < -0.39 is 41.6 Å². The standard InChI is InChI=1S/C6HF14N/c7-1(3(9,10)11,4(12,13)14)21-2(8,5(15,16)17)6(18,19)20/h21H. The van der Waals surface area contributed by atoms with Gasteiger partial charge in [0.1, 0.15) is 0 Å². The van der Waals surface area contributed by atoms with Gasteiger partial charge in [0.25, 0.3) is 0 Å². The molecule has 0 saturated heterocycles. The lowest BCUT2D eigenvalue weighted by molar-refractivity contribution is -0.409. The molecule has 0 saturated carbocycles. The molecule has 0 fully saturated rings. The van der Waals surface area contributed by atoms with E-state index in [-0.39, 0.29) is 0 Å². The fourth-order valence-corrected chi connectivity index (χ4v) is 0.842. The molecule has 1 nitrogen and oxygen atoms in total. The van der Waals surface area contributed by atoms with Crippen LogP contribution in [0.1, 0.15) is 0 Å². The third-order valence-corrected chi connectivity index (χ3v) is 1.91. The van der Waals surface area contributed by atoms with Crippen LogP contribution >= 0.6 is 0 Å². The summed E-state index contributed by atoms with van der Waals surface area (Å²) in [5.41, 5.74) is 0. The van der Waals surface area contributed by atoms with Gasteiger partial charge in [0, 0.05) is 0 Å². The SMILES string of the molecule is FC(F)(F)C(F)(NC(F)(C(F)(F)F)C(F)(F)F)C(F)(F)F. The molecule has 0 amide bonds. The smallest absolute Gasteiger partial charge is 0.221 e. The van der Waals surface area contributed by atoms with Gasteiger partial charge in [-0.15, -0.1) is 0 Å². The topological polar surface area (TPSA) is 12.0 Å². The second-order valence-corrected chi connectivity index (χ2v) is 3.43. The second-order valence-electron chi connectivity index (χ2n) is 3.43. The van der Waals surface area contributed by atoms with Crippen molar-refractivity contribution in [1.82, 2.24) is 5.32 Å². The molecule has 0 aromatic rings. The van der Waals surface area contributed by atoms with Crippen molar-refractivity contribution in [3.63, 3.8) is 0 Å². The van der Waals surface area contributed by atoms with Crippen molar-refractivity contribution in [2.24, 2.45) is 0 Å². The molecule has 15 heteroatoms. The Morgan fingerprint density at radius 1 is 0.333 bits per heavy atom. The Kier molecular flexibility index (Phi) is 4.51. The zero-order chi connectivity index (χ0) is 17.7. The molecule has 0 unspecified atom stereocenters. The van der Waals surface area contributed by atoms with Gasteiger partial charge in [0.05, 0.1) is 0 Å². The molecule has 0 aliphatic carbocycles. The first-order valence-electron chi connectivity index (χ1n) is 4.15. The number of hydrogen-bond donors (Lipinski definition) is 1. The van der Waals surface area contributed by atoms with Gasteiger partial charge < -0.3 is 0 Å². The zero-order valence-electron chi connectivity index (χ0n) is 8.79. The minimum atomic E-state index is -7.36. The van der Waals surface area contributed by atoms with Crippen LogP contribution in [0.15, 0.2) is 0 Å². The minimum absolute atomic E-state index is 1.67. The minimum Gasteiger partial charge on any atom is -0.221 e. The molecule has 0 aliphatic heterocycles. The second kappa shape index (κ2) is 4.74. The third kappa shape index (κ3) is 3.26. The lowest BCUT2D eigenvalue weighted by atomic mass is 10.1. The Balaban J connectivity index is 6.15. The lowest BCUT2D eigenvalue weighted by Gasteiger charge is -2.38. The largest absolute Gasteiger partial charge is 0.446 e. The maximum atomic E-state index is 12.8. The van der Waals surface area contributed by atoms with Gasteiger partial charge in [-0.1, -0.05) is 0 Å². The maximum absolute atomic E-state index is 12.8. The lowest BCUT2D eigenvalue weighted by Crippen LogP contribution is -2.75.